The molecule has 1 aromatic rings. The molecule has 1 unspecified atom stereocenters. The molecule has 0 radical (unpaired) electrons. The number of hydrogen-bond acceptors (Lipinski definition) is 6. The van der Waals surface area contributed by atoms with Crippen molar-refractivity contribution in [3.8, 4) is 6.01 Å². The molecule has 0 saturated heterocycles. The summed E-state index contributed by atoms with van der Waals surface area (Å²) < 4.78 is 4.91. The molecule has 0 bridgehead atoms. The van der Waals surface area contributed by atoms with Gasteiger partial charge in [0.25, 0.3) is 0 Å². The van der Waals surface area contributed by atoms with Crippen molar-refractivity contribution in [1.29, 1.82) is 0 Å². The third kappa shape index (κ3) is 4.70. The highest BCUT2D eigenvalue weighted by molar-refractivity contribution is 6.28. The van der Waals surface area contributed by atoms with Crippen molar-refractivity contribution >= 4 is 17.5 Å². The molecule has 0 fully saturated rings. The Morgan fingerprint density at radius 1 is 1.41 bits per heavy atom. The number of unbranched alkanes of at least 4 members (excludes halogenated alkanes) is 1. The van der Waals surface area contributed by atoms with Gasteiger partial charge in [0.2, 0.25) is 11.2 Å². The molecule has 0 amide bonds. The van der Waals surface area contributed by atoms with Crippen LogP contribution < -0.4 is 15.8 Å². The summed E-state index contributed by atoms with van der Waals surface area (Å²) in [5.41, 5.74) is 5.67. The minimum atomic E-state index is 0.102. The molecule has 3 N–H and O–H groups in total. The van der Waals surface area contributed by atoms with Gasteiger partial charge in [-0.1, -0.05) is 19.8 Å². The van der Waals surface area contributed by atoms with Crippen LogP contribution in [0.2, 0.25) is 5.28 Å². The van der Waals surface area contributed by atoms with Crippen LogP contribution in [0, 0.1) is 0 Å². The van der Waals surface area contributed by atoms with Gasteiger partial charge in [-0.3, -0.25) is 0 Å². The van der Waals surface area contributed by atoms with Gasteiger partial charge in [0.05, 0.1) is 7.11 Å². The lowest BCUT2D eigenvalue weighted by molar-refractivity contribution is 0.378. The quantitative estimate of drug-likeness (QED) is 0.771. The Hall–Kier alpha value is -1.14. The summed E-state index contributed by atoms with van der Waals surface area (Å²) in [5, 5.41) is 3.23. The molecule has 1 aromatic heterocycles. The van der Waals surface area contributed by atoms with E-state index in [2.05, 4.69) is 27.2 Å². The van der Waals surface area contributed by atoms with E-state index in [1.807, 2.05) is 0 Å². The van der Waals surface area contributed by atoms with Crippen molar-refractivity contribution in [3.05, 3.63) is 5.28 Å². The first-order chi connectivity index (χ1) is 8.19. The Morgan fingerprint density at radius 3 is 2.76 bits per heavy atom. The highest BCUT2D eigenvalue weighted by Gasteiger charge is 2.10. The number of nitrogens with two attached hydrogens (primary N) is 1. The van der Waals surface area contributed by atoms with Gasteiger partial charge < -0.3 is 15.8 Å². The molecule has 0 saturated carbocycles. The van der Waals surface area contributed by atoms with Crippen molar-refractivity contribution in [2.45, 2.75) is 32.2 Å². The molecule has 6 nitrogen and oxygen atoms in total. The summed E-state index contributed by atoms with van der Waals surface area (Å²) in [6.45, 7) is 2.65. The fraction of sp³-hybridized carbons (Fsp3) is 0.700. The summed E-state index contributed by atoms with van der Waals surface area (Å²) >= 11 is 5.75. The average molecular weight is 260 g/mol. The Bertz CT molecular complexity index is 349. The van der Waals surface area contributed by atoms with Gasteiger partial charge >= 0.3 is 6.01 Å². The highest BCUT2D eigenvalue weighted by atomic mass is 35.5. The van der Waals surface area contributed by atoms with E-state index in [1.165, 1.54) is 7.11 Å². The Kier molecular flexibility index (Phi) is 5.93. The average Bonchev–Trinajstić information content (AvgIpc) is 2.33. The molecule has 0 aliphatic rings. The monoisotopic (exact) mass is 259 g/mol. The van der Waals surface area contributed by atoms with E-state index in [9.17, 15) is 0 Å². The van der Waals surface area contributed by atoms with Crippen LogP contribution in [0.25, 0.3) is 0 Å². The maximum Gasteiger partial charge on any atom is 0.322 e. The lowest BCUT2D eigenvalue weighted by Crippen LogP contribution is -2.29. The lowest BCUT2D eigenvalue weighted by atomic mass is 10.1. The molecular formula is C10H18ClN5O. The van der Waals surface area contributed by atoms with E-state index >= 15 is 0 Å². The van der Waals surface area contributed by atoms with Crippen LogP contribution in [-0.2, 0) is 0 Å². The zero-order valence-corrected chi connectivity index (χ0v) is 10.9. The van der Waals surface area contributed by atoms with Crippen molar-refractivity contribution in [2.24, 2.45) is 5.73 Å². The van der Waals surface area contributed by atoms with Crippen molar-refractivity contribution < 1.29 is 4.74 Å². The van der Waals surface area contributed by atoms with Gasteiger partial charge in [0, 0.05) is 12.6 Å². The number of ether oxygens (including phenoxy) is 1. The van der Waals surface area contributed by atoms with E-state index in [-0.39, 0.29) is 17.3 Å². The molecule has 1 atom stereocenters. The second-order valence-corrected chi connectivity index (χ2v) is 3.97. The van der Waals surface area contributed by atoms with Crippen LogP contribution in [0.3, 0.4) is 0 Å². The molecule has 0 aromatic carbocycles. The maximum atomic E-state index is 5.75. The number of anilines is 1. The number of halogens is 1. The van der Waals surface area contributed by atoms with E-state index in [1.54, 1.807) is 0 Å². The highest BCUT2D eigenvalue weighted by Crippen LogP contribution is 2.12. The molecule has 96 valence electrons. The molecule has 0 spiro atoms. The lowest BCUT2D eigenvalue weighted by Gasteiger charge is -2.16. The number of rotatable bonds is 7. The Morgan fingerprint density at radius 2 is 2.18 bits per heavy atom. The first kappa shape index (κ1) is 13.9. The van der Waals surface area contributed by atoms with Crippen LogP contribution >= 0.6 is 11.6 Å². The third-order valence-electron chi connectivity index (χ3n) is 2.29. The summed E-state index contributed by atoms with van der Waals surface area (Å²) in [7, 11) is 1.48. The molecule has 17 heavy (non-hydrogen) atoms. The van der Waals surface area contributed by atoms with Crippen LogP contribution in [-0.4, -0.2) is 34.6 Å². The molecule has 0 aliphatic heterocycles. The fourth-order valence-electron chi connectivity index (χ4n) is 1.37. The van der Waals surface area contributed by atoms with E-state index in [4.69, 9.17) is 22.1 Å². The predicted molar refractivity (Wildman–Crippen MR) is 67.4 cm³/mol. The fourth-order valence-corrected chi connectivity index (χ4v) is 1.52. The second kappa shape index (κ2) is 7.24. The second-order valence-electron chi connectivity index (χ2n) is 3.63. The third-order valence-corrected chi connectivity index (χ3v) is 2.46. The van der Waals surface area contributed by atoms with Crippen LogP contribution in [0.15, 0.2) is 0 Å². The Labute approximate surface area is 106 Å². The SMILES string of the molecule is CCCCC(CN)Nc1nc(Cl)nc(OC)n1. The molecule has 1 heterocycles. The molecule has 1 rings (SSSR count). The number of aromatic nitrogens is 3. The van der Waals surface area contributed by atoms with Gasteiger partial charge in [-0.05, 0) is 18.0 Å². The van der Waals surface area contributed by atoms with E-state index in [0.29, 0.717) is 12.5 Å². The van der Waals surface area contributed by atoms with Gasteiger partial charge in [0.15, 0.2) is 0 Å². The zero-order valence-electron chi connectivity index (χ0n) is 10.1. The van der Waals surface area contributed by atoms with Crippen LogP contribution in [0.1, 0.15) is 26.2 Å². The van der Waals surface area contributed by atoms with Crippen LogP contribution in [0.4, 0.5) is 5.95 Å². The first-order valence-corrected chi connectivity index (χ1v) is 5.99. The number of nitrogens with zero attached hydrogens (tertiary/aromatic N) is 3. The molecule has 7 heteroatoms. The first-order valence-electron chi connectivity index (χ1n) is 5.61. The van der Waals surface area contributed by atoms with E-state index < -0.39 is 0 Å². The number of nitrogens with one attached hydrogen (secondary N) is 1. The topological polar surface area (TPSA) is 86.0 Å². The summed E-state index contributed by atoms with van der Waals surface area (Å²) in [6, 6.07) is 0.330. The van der Waals surface area contributed by atoms with Gasteiger partial charge in [0.1, 0.15) is 0 Å². The maximum absolute atomic E-state index is 5.75. The van der Waals surface area contributed by atoms with Gasteiger partial charge in [-0.2, -0.15) is 15.0 Å². The summed E-state index contributed by atoms with van der Waals surface area (Å²) in [5.74, 6) is 0.397. The van der Waals surface area contributed by atoms with Crippen molar-refractivity contribution in [2.75, 3.05) is 19.0 Å². The van der Waals surface area contributed by atoms with Crippen molar-refractivity contribution in [1.82, 2.24) is 15.0 Å². The van der Waals surface area contributed by atoms with E-state index in [0.717, 1.165) is 19.3 Å². The minimum absolute atomic E-state index is 0.102. The summed E-state index contributed by atoms with van der Waals surface area (Å²) in [4.78, 5) is 11.8. The van der Waals surface area contributed by atoms with Crippen LogP contribution in [0.5, 0.6) is 6.01 Å². The standard InChI is InChI=1S/C10H18ClN5O/c1-3-4-5-7(6-12)13-9-14-8(11)15-10(16-9)17-2/h7H,3-6,12H2,1-2H3,(H,13,14,15,16). The molecular weight excluding hydrogens is 242 g/mol. The smallest absolute Gasteiger partial charge is 0.322 e. The minimum Gasteiger partial charge on any atom is -0.467 e. The number of hydrogen-bond donors (Lipinski definition) is 2. The summed E-state index contributed by atoms with van der Waals surface area (Å²) in [6.07, 6.45) is 3.20. The number of methoxy groups -OCH3 is 1. The Balaban J connectivity index is 2.68. The normalized spacial score (nSPS) is 12.2. The molecule has 0 aliphatic carbocycles. The van der Waals surface area contributed by atoms with Gasteiger partial charge in [-0.25, -0.2) is 0 Å². The zero-order chi connectivity index (χ0) is 12.7. The van der Waals surface area contributed by atoms with Crippen molar-refractivity contribution in [3.63, 3.8) is 0 Å². The largest absolute Gasteiger partial charge is 0.467 e. The van der Waals surface area contributed by atoms with Gasteiger partial charge in [-0.15, -0.1) is 0 Å². The predicted octanol–water partition coefficient (Wildman–Crippen LogP) is 1.46.